The summed E-state index contributed by atoms with van der Waals surface area (Å²) in [5.41, 5.74) is 2.90. The second-order valence-corrected chi connectivity index (χ2v) is 11.2. The van der Waals surface area contributed by atoms with Crippen LogP contribution in [0.15, 0.2) is 63.8 Å². The smallest absolute Gasteiger partial charge is 0.243 e. The highest BCUT2D eigenvalue weighted by atomic mass is 32.2. The molecule has 1 aromatic heterocycles. The molecule has 0 spiro atoms. The van der Waals surface area contributed by atoms with Gasteiger partial charge in [0.1, 0.15) is 5.75 Å². The number of thiazole rings is 1. The van der Waals surface area contributed by atoms with Gasteiger partial charge in [-0.15, -0.1) is 11.3 Å². The first-order chi connectivity index (χ1) is 17.0. The molecular formula is C26H33N3O4S2. The minimum absolute atomic E-state index is 0.316. The van der Waals surface area contributed by atoms with E-state index in [1.165, 1.54) is 17.1 Å². The third-order valence-corrected chi connectivity index (χ3v) is 8.86. The molecule has 0 saturated carbocycles. The van der Waals surface area contributed by atoms with Crippen LogP contribution in [-0.4, -0.2) is 50.7 Å². The van der Waals surface area contributed by atoms with E-state index in [-0.39, 0.29) is 0 Å². The van der Waals surface area contributed by atoms with Gasteiger partial charge in [0.15, 0.2) is 4.80 Å². The number of sulfonamides is 1. The summed E-state index contributed by atoms with van der Waals surface area (Å²) < 4.78 is 40.3. The van der Waals surface area contributed by atoms with Gasteiger partial charge in [0.05, 0.1) is 36.6 Å². The van der Waals surface area contributed by atoms with Gasteiger partial charge >= 0.3 is 0 Å². The highest BCUT2D eigenvalue weighted by Crippen LogP contribution is 2.25. The van der Waals surface area contributed by atoms with Crippen molar-refractivity contribution in [3.63, 3.8) is 0 Å². The minimum atomic E-state index is -3.51. The Bertz CT molecular complexity index is 1260. The number of methoxy groups -OCH3 is 1. The number of hydrogen-bond donors (Lipinski definition) is 0. The quantitative estimate of drug-likeness (QED) is 0.354. The normalized spacial score (nSPS) is 15.4. The highest BCUT2D eigenvalue weighted by molar-refractivity contribution is 7.89. The third-order valence-electron chi connectivity index (χ3n) is 6.09. The number of benzene rings is 2. The van der Waals surface area contributed by atoms with Gasteiger partial charge in [-0.05, 0) is 48.4 Å². The molecule has 7 nitrogen and oxygen atoms in total. The molecule has 1 aliphatic rings. The Morgan fingerprint density at radius 3 is 2.37 bits per heavy atom. The summed E-state index contributed by atoms with van der Waals surface area (Å²) >= 11 is 1.60. The van der Waals surface area contributed by atoms with E-state index in [0.717, 1.165) is 46.9 Å². The molecule has 2 aromatic carbocycles. The van der Waals surface area contributed by atoms with Crippen LogP contribution in [0.2, 0.25) is 0 Å². The molecule has 9 heteroatoms. The van der Waals surface area contributed by atoms with Crippen molar-refractivity contribution in [3.05, 3.63) is 58.7 Å². The second kappa shape index (κ2) is 12.0. The molecule has 0 N–H and O–H groups in total. The van der Waals surface area contributed by atoms with E-state index in [1.807, 2.05) is 36.4 Å². The zero-order valence-corrected chi connectivity index (χ0v) is 22.0. The third kappa shape index (κ3) is 6.22. The summed E-state index contributed by atoms with van der Waals surface area (Å²) in [5, 5.41) is 2.10. The topological polar surface area (TPSA) is 73.1 Å². The molecule has 4 rings (SSSR count). The molecule has 0 amide bonds. The van der Waals surface area contributed by atoms with E-state index < -0.39 is 10.0 Å². The maximum absolute atomic E-state index is 13.0. The molecule has 2 heterocycles. The lowest BCUT2D eigenvalue weighted by molar-refractivity contribution is 0.0730. The van der Waals surface area contributed by atoms with Crippen LogP contribution in [0.25, 0.3) is 11.3 Å². The molecule has 188 valence electrons. The van der Waals surface area contributed by atoms with Crippen molar-refractivity contribution in [3.8, 4) is 17.0 Å². The summed E-state index contributed by atoms with van der Waals surface area (Å²) in [6.07, 6.45) is 4.62. The Morgan fingerprint density at radius 1 is 1.00 bits per heavy atom. The molecule has 0 unspecified atom stereocenters. The predicted octanol–water partition coefficient (Wildman–Crippen LogP) is 5.06. The Morgan fingerprint density at radius 2 is 1.71 bits per heavy atom. The lowest BCUT2D eigenvalue weighted by atomic mass is 10.1. The van der Waals surface area contributed by atoms with E-state index >= 15 is 0 Å². The van der Waals surface area contributed by atoms with Crippen molar-refractivity contribution >= 4 is 27.0 Å². The van der Waals surface area contributed by atoms with Crippen LogP contribution in [0.4, 0.5) is 5.69 Å². The molecular weight excluding hydrogens is 482 g/mol. The Kier molecular flexibility index (Phi) is 8.78. The molecule has 0 atom stereocenters. The molecule has 1 fully saturated rings. The Labute approximate surface area is 211 Å². The van der Waals surface area contributed by atoms with Crippen LogP contribution in [0, 0.1) is 0 Å². The number of hydrogen-bond acceptors (Lipinski definition) is 6. The second-order valence-electron chi connectivity index (χ2n) is 8.47. The minimum Gasteiger partial charge on any atom is -0.497 e. The van der Waals surface area contributed by atoms with Gasteiger partial charge in [-0.2, -0.15) is 4.31 Å². The molecule has 3 aromatic rings. The average Bonchev–Trinajstić information content (AvgIpc) is 3.29. The van der Waals surface area contributed by atoms with E-state index in [0.29, 0.717) is 31.2 Å². The number of nitrogens with zero attached hydrogens (tertiary/aromatic N) is 3. The molecule has 0 radical (unpaired) electrons. The van der Waals surface area contributed by atoms with Crippen LogP contribution in [0.1, 0.15) is 32.6 Å². The highest BCUT2D eigenvalue weighted by Gasteiger charge is 2.26. The number of morpholine rings is 1. The lowest BCUT2D eigenvalue weighted by Crippen LogP contribution is -2.40. The molecule has 1 aliphatic heterocycles. The summed E-state index contributed by atoms with van der Waals surface area (Å²) in [6, 6.07) is 14.9. The van der Waals surface area contributed by atoms with E-state index in [9.17, 15) is 8.42 Å². The summed E-state index contributed by atoms with van der Waals surface area (Å²) in [6.45, 7) is 4.72. The fraction of sp³-hybridized carbons (Fsp3) is 0.423. The first-order valence-corrected chi connectivity index (χ1v) is 14.4. The lowest BCUT2D eigenvalue weighted by Gasteiger charge is -2.26. The number of ether oxygens (including phenoxy) is 2. The van der Waals surface area contributed by atoms with E-state index in [1.54, 1.807) is 30.6 Å². The average molecular weight is 516 g/mol. The van der Waals surface area contributed by atoms with Crippen molar-refractivity contribution in [2.75, 3.05) is 33.4 Å². The van der Waals surface area contributed by atoms with Crippen LogP contribution in [0.5, 0.6) is 5.75 Å². The van der Waals surface area contributed by atoms with Gasteiger partial charge in [0, 0.05) is 25.0 Å². The Hall–Kier alpha value is -2.46. The van der Waals surface area contributed by atoms with E-state index in [2.05, 4.69) is 16.9 Å². The van der Waals surface area contributed by atoms with Gasteiger partial charge in [-0.1, -0.05) is 38.3 Å². The van der Waals surface area contributed by atoms with Crippen LogP contribution in [0.3, 0.4) is 0 Å². The maximum atomic E-state index is 13.0. The molecule has 1 saturated heterocycles. The first kappa shape index (κ1) is 25.6. The SMILES string of the molecule is CCCCCCn1c(-c2ccc(S(=O)(=O)N3CCOCC3)cc2)csc1=Nc1ccc(OC)cc1. The molecule has 0 aliphatic carbocycles. The van der Waals surface area contributed by atoms with Gasteiger partial charge in [-0.25, -0.2) is 13.4 Å². The van der Waals surface area contributed by atoms with Crippen LogP contribution >= 0.6 is 11.3 Å². The number of rotatable bonds is 10. The summed E-state index contributed by atoms with van der Waals surface area (Å²) in [7, 11) is -1.86. The van der Waals surface area contributed by atoms with Crippen LogP contribution < -0.4 is 9.54 Å². The van der Waals surface area contributed by atoms with Crippen molar-refractivity contribution < 1.29 is 17.9 Å². The van der Waals surface area contributed by atoms with Crippen molar-refractivity contribution in [2.45, 2.75) is 44.0 Å². The first-order valence-electron chi connectivity index (χ1n) is 12.1. The van der Waals surface area contributed by atoms with Crippen molar-refractivity contribution in [2.24, 2.45) is 4.99 Å². The standard InChI is InChI=1S/C26H33N3O4S2/c1-3-4-5-6-15-29-25(20-34-26(29)27-22-9-11-23(32-2)12-10-22)21-7-13-24(14-8-21)35(30,31)28-16-18-33-19-17-28/h7-14,20H,3-6,15-19H2,1-2H3. The Balaban J connectivity index is 1.64. The zero-order valence-electron chi connectivity index (χ0n) is 20.4. The van der Waals surface area contributed by atoms with Gasteiger partial charge in [0.2, 0.25) is 10.0 Å². The van der Waals surface area contributed by atoms with Gasteiger partial charge in [-0.3, -0.25) is 0 Å². The fourth-order valence-corrected chi connectivity index (χ4v) is 6.43. The predicted molar refractivity (Wildman–Crippen MR) is 140 cm³/mol. The molecule has 35 heavy (non-hydrogen) atoms. The van der Waals surface area contributed by atoms with Gasteiger partial charge < -0.3 is 14.0 Å². The fourth-order valence-electron chi connectivity index (χ4n) is 4.06. The summed E-state index contributed by atoms with van der Waals surface area (Å²) in [5.74, 6) is 0.801. The van der Waals surface area contributed by atoms with Crippen molar-refractivity contribution in [1.82, 2.24) is 8.87 Å². The van der Waals surface area contributed by atoms with Gasteiger partial charge in [0.25, 0.3) is 0 Å². The maximum Gasteiger partial charge on any atom is 0.243 e. The number of unbranched alkanes of at least 4 members (excludes halogenated alkanes) is 3. The summed E-state index contributed by atoms with van der Waals surface area (Å²) in [4.78, 5) is 6.13. The monoisotopic (exact) mass is 515 g/mol. The van der Waals surface area contributed by atoms with E-state index in [4.69, 9.17) is 14.5 Å². The largest absolute Gasteiger partial charge is 0.497 e. The molecule has 0 bridgehead atoms. The van der Waals surface area contributed by atoms with Crippen LogP contribution in [-0.2, 0) is 21.3 Å². The van der Waals surface area contributed by atoms with Crippen molar-refractivity contribution in [1.29, 1.82) is 0 Å². The number of aromatic nitrogens is 1. The zero-order chi connectivity index (χ0) is 24.7.